The van der Waals surface area contributed by atoms with Crippen LogP contribution in [0.1, 0.15) is 13.8 Å². The molecule has 0 spiro atoms. The Morgan fingerprint density at radius 3 is 2.69 bits per heavy atom. The van der Waals surface area contributed by atoms with Gasteiger partial charge in [-0.1, -0.05) is 13.8 Å². The van der Waals surface area contributed by atoms with Crippen LogP contribution in [0, 0.1) is 5.92 Å². The number of carbonyl (C=O) groups excluding carboxylic acids is 1. The molecule has 1 unspecified atom stereocenters. The minimum atomic E-state index is -0.472. The van der Waals surface area contributed by atoms with E-state index >= 15 is 0 Å². The molecule has 0 aliphatic rings. The van der Waals surface area contributed by atoms with Crippen LogP contribution in [0.25, 0.3) is 0 Å². The summed E-state index contributed by atoms with van der Waals surface area (Å²) in [5.74, 6) is 5.60. The molecule has 1 amide bonds. The number of nitrogens with one attached hydrogen (secondary N) is 2. The van der Waals surface area contributed by atoms with E-state index in [1.54, 1.807) is 6.07 Å². The molecule has 1 aromatic rings. The van der Waals surface area contributed by atoms with Gasteiger partial charge in [-0.3, -0.25) is 10.2 Å². The van der Waals surface area contributed by atoms with Gasteiger partial charge in [-0.25, -0.2) is 10.8 Å². The highest BCUT2D eigenvalue weighted by atomic mass is 16.1. The number of anilines is 2. The van der Waals surface area contributed by atoms with Crippen molar-refractivity contribution in [1.29, 1.82) is 0 Å². The molecule has 1 aromatic heterocycles. The standard InChI is InChI=1S/C9H16N6O/c1-5(2)7(8(10)16)13-6-3-4-12-9(14-6)15-11/h3-5,7H,11H2,1-2H3,(H2,10,16)(H2,12,13,14,15). The Kier molecular flexibility index (Phi) is 4.01. The van der Waals surface area contributed by atoms with E-state index < -0.39 is 11.9 Å². The molecular weight excluding hydrogens is 208 g/mol. The van der Waals surface area contributed by atoms with Gasteiger partial charge in [0.25, 0.3) is 0 Å². The van der Waals surface area contributed by atoms with Crippen LogP contribution in [0.5, 0.6) is 0 Å². The van der Waals surface area contributed by atoms with Gasteiger partial charge in [0.15, 0.2) is 0 Å². The Labute approximate surface area is 93.6 Å². The van der Waals surface area contributed by atoms with E-state index in [1.165, 1.54) is 6.20 Å². The zero-order valence-electron chi connectivity index (χ0n) is 9.27. The Morgan fingerprint density at radius 1 is 1.50 bits per heavy atom. The zero-order valence-corrected chi connectivity index (χ0v) is 9.27. The first-order valence-corrected chi connectivity index (χ1v) is 4.90. The second-order valence-corrected chi connectivity index (χ2v) is 3.68. The molecule has 0 aromatic carbocycles. The molecule has 7 heteroatoms. The number of nitrogen functional groups attached to an aromatic ring is 1. The molecule has 1 atom stereocenters. The van der Waals surface area contributed by atoms with Crippen molar-refractivity contribution >= 4 is 17.7 Å². The fourth-order valence-corrected chi connectivity index (χ4v) is 1.23. The highest BCUT2D eigenvalue weighted by Gasteiger charge is 2.19. The van der Waals surface area contributed by atoms with Gasteiger partial charge in [0.05, 0.1) is 0 Å². The summed E-state index contributed by atoms with van der Waals surface area (Å²) < 4.78 is 0. The van der Waals surface area contributed by atoms with Gasteiger partial charge in [-0.05, 0) is 12.0 Å². The fraction of sp³-hybridized carbons (Fsp3) is 0.444. The maximum atomic E-state index is 11.2. The molecule has 0 saturated carbocycles. The summed E-state index contributed by atoms with van der Waals surface area (Å²) in [6, 6.07) is 1.17. The minimum absolute atomic E-state index is 0.0711. The second-order valence-electron chi connectivity index (χ2n) is 3.68. The van der Waals surface area contributed by atoms with E-state index in [0.29, 0.717) is 5.82 Å². The second kappa shape index (κ2) is 5.26. The lowest BCUT2D eigenvalue weighted by Crippen LogP contribution is -2.39. The van der Waals surface area contributed by atoms with Gasteiger partial charge in [0.1, 0.15) is 11.9 Å². The number of amides is 1. The number of hydrogen-bond donors (Lipinski definition) is 4. The lowest BCUT2D eigenvalue weighted by molar-refractivity contribution is -0.119. The van der Waals surface area contributed by atoms with E-state index in [1.807, 2.05) is 13.8 Å². The van der Waals surface area contributed by atoms with E-state index in [2.05, 4.69) is 20.7 Å². The van der Waals surface area contributed by atoms with Gasteiger partial charge in [0, 0.05) is 6.20 Å². The third-order valence-corrected chi connectivity index (χ3v) is 2.06. The number of nitrogens with zero attached hydrogens (tertiary/aromatic N) is 2. The van der Waals surface area contributed by atoms with Crippen LogP contribution < -0.4 is 22.3 Å². The predicted molar refractivity (Wildman–Crippen MR) is 61.3 cm³/mol. The van der Waals surface area contributed by atoms with Crippen LogP contribution in [0.15, 0.2) is 12.3 Å². The number of hydrazine groups is 1. The maximum absolute atomic E-state index is 11.2. The third kappa shape index (κ3) is 3.06. The normalized spacial score (nSPS) is 12.2. The summed E-state index contributed by atoms with van der Waals surface area (Å²) in [4.78, 5) is 19.1. The Morgan fingerprint density at radius 2 is 2.19 bits per heavy atom. The molecule has 0 radical (unpaired) electrons. The number of primary amides is 1. The van der Waals surface area contributed by atoms with Crippen LogP contribution in [-0.4, -0.2) is 21.9 Å². The molecule has 6 N–H and O–H groups in total. The summed E-state index contributed by atoms with van der Waals surface area (Å²) >= 11 is 0. The van der Waals surface area contributed by atoms with E-state index in [4.69, 9.17) is 11.6 Å². The lowest BCUT2D eigenvalue weighted by atomic mass is 10.0. The molecule has 0 aliphatic carbocycles. The van der Waals surface area contributed by atoms with E-state index in [-0.39, 0.29) is 11.9 Å². The first kappa shape index (κ1) is 12.2. The van der Waals surface area contributed by atoms with Gasteiger partial charge in [0.2, 0.25) is 11.9 Å². The molecule has 88 valence electrons. The Hall–Kier alpha value is -1.89. The maximum Gasteiger partial charge on any atom is 0.240 e. The first-order chi connectivity index (χ1) is 7.54. The molecule has 7 nitrogen and oxygen atoms in total. The van der Waals surface area contributed by atoms with Crippen LogP contribution in [-0.2, 0) is 4.79 Å². The van der Waals surface area contributed by atoms with Gasteiger partial charge in [-0.2, -0.15) is 4.98 Å². The monoisotopic (exact) mass is 224 g/mol. The third-order valence-electron chi connectivity index (χ3n) is 2.06. The van der Waals surface area contributed by atoms with E-state index in [9.17, 15) is 4.79 Å². The number of aromatic nitrogens is 2. The van der Waals surface area contributed by atoms with Gasteiger partial charge >= 0.3 is 0 Å². The zero-order chi connectivity index (χ0) is 12.1. The fourth-order valence-electron chi connectivity index (χ4n) is 1.23. The van der Waals surface area contributed by atoms with Crippen LogP contribution in [0.3, 0.4) is 0 Å². The Balaban J connectivity index is 2.81. The van der Waals surface area contributed by atoms with Gasteiger partial charge < -0.3 is 11.1 Å². The average Bonchev–Trinajstić information content (AvgIpc) is 2.25. The van der Waals surface area contributed by atoms with Crippen molar-refractivity contribution in [3.05, 3.63) is 12.3 Å². The summed E-state index contributed by atoms with van der Waals surface area (Å²) in [5, 5.41) is 2.93. The summed E-state index contributed by atoms with van der Waals surface area (Å²) in [5.41, 5.74) is 7.59. The molecule has 0 aliphatic heterocycles. The van der Waals surface area contributed by atoms with Crippen molar-refractivity contribution in [3.63, 3.8) is 0 Å². The number of rotatable bonds is 5. The molecule has 0 bridgehead atoms. The predicted octanol–water partition coefficient (Wildman–Crippen LogP) is -0.316. The van der Waals surface area contributed by atoms with Crippen molar-refractivity contribution in [3.8, 4) is 0 Å². The van der Waals surface area contributed by atoms with Crippen molar-refractivity contribution in [2.75, 3.05) is 10.7 Å². The molecular formula is C9H16N6O. The number of nitrogens with two attached hydrogens (primary N) is 2. The van der Waals surface area contributed by atoms with E-state index in [0.717, 1.165) is 0 Å². The van der Waals surface area contributed by atoms with Crippen molar-refractivity contribution in [1.82, 2.24) is 9.97 Å². The van der Waals surface area contributed by atoms with Crippen LogP contribution in [0.4, 0.5) is 11.8 Å². The highest BCUT2D eigenvalue weighted by molar-refractivity contribution is 5.82. The molecule has 0 saturated heterocycles. The largest absolute Gasteiger partial charge is 0.368 e. The Bertz CT molecular complexity index is 367. The smallest absolute Gasteiger partial charge is 0.240 e. The van der Waals surface area contributed by atoms with Crippen molar-refractivity contribution in [2.45, 2.75) is 19.9 Å². The highest BCUT2D eigenvalue weighted by Crippen LogP contribution is 2.10. The summed E-state index contributed by atoms with van der Waals surface area (Å²) in [6.07, 6.45) is 1.53. The number of carbonyl (C=O) groups is 1. The molecule has 1 heterocycles. The first-order valence-electron chi connectivity index (χ1n) is 4.90. The van der Waals surface area contributed by atoms with Crippen LogP contribution >= 0.6 is 0 Å². The van der Waals surface area contributed by atoms with Crippen molar-refractivity contribution in [2.24, 2.45) is 17.5 Å². The minimum Gasteiger partial charge on any atom is -0.368 e. The molecule has 0 fully saturated rings. The SMILES string of the molecule is CC(C)C(Nc1ccnc(NN)n1)C(N)=O. The average molecular weight is 224 g/mol. The molecule has 16 heavy (non-hydrogen) atoms. The quantitative estimate of drug-likeness (QED) is 0.402. The van der Waals surface area contributed by atoms with Crippen LogP contribution in [0.2, 0.25) is 0 Å². The summed E-state index contributed by atoms with van der Waals surface area (Å²) in [7, 11) is 0. The van der Waals surface area contributed by atoms with Crippen molar-refractivity contribution < 1.29 is 4.79 Å². The topological polar surface area (TPSA) is 119 Å². The number of hydrogen-bond acceptors (Lipinski definition) is 6. The molecule has 1 rings (SSSR count). The lowest BCUT2D eigenvalue weighted by Gasteiger charge is -2.19. The van der Waals surface area contributed by atoms with Gasteiger partial charge in [-0.15, -0.1) is 0 Å². The summed E-state index contributed by atoms with van der Waals surface area (Å²) in [6.45, 7) is 3.79.